The predicted molar refractivity (Wildman–Crippen MR) is 82.3 cm³/mol. The molecule has 0 aromatic heterocycles. The Morgan fingerprint density at radius 3 is 2.50 bits per heavy atom. The molecule has 4 N–H and O–H groups in total. The molecule has 0 unspecified atom stereocenters. The van der Waals surface area contributed by atoms with E-state index in [1.165, 1.54) is 5.56 Å². The van der Waals surface area contributed by atoms with E-state index in [9.17, 15) is 4.55 Å². The molecular formula is C15H23N3OS. The molecule has 1 aliphatic heterocycles. The Hall–Kier alpha value is -0.590. The lowest BCUT2D eigenvalue weighted by atomic mass is 9.71. The molecule has 1 aromatic rings. The fraction of sp³-hybridized carbons (Fsp3) is 0.600. The van der Waals surface area contributed by atoms with Crippen molar-refractivity contribution in [2.45, 2.75) is 37.6 Å². The van der Waals surface area contributed by atoms with Gasteiger partial charge in [0.1, 0.15) is 10.4 Å². The SMILES string of the molecule is CC(C)(C)[S@@+]([O-])N[C@]1(N)c2ccccc2CC12CNC2. The van der Waals surface area contributed by atoms with Crippen LogP contribution in [0.15, 0.2) is 24.3 Å². The van der Waals surface area contributed by atoms with Crippen LogP contribution >= 0.6 is 0 Å². The van der Waals surface area contributed by atoms with E-state index in [4.69, 9.17) is 5.73 Å². The molecule has 0 amide bonds. The lowest BCUT2D eigenvalue weighted by molar-refractivity contribution is 0.0576. The lowest BCUT2D eigenvalue weighted by Gasteiger charge is -2.50. The average Bonchev–Trinajstić information content (AvgIpc) is 2.58. The van der Waals surface area contributed by atoms with Crippen LogP contribution in [-0.2, 0) is 23.4 Å². The zero-order chi connectivity index (χ0) is 14.6. The Morgan fingerprint density at radius 1 is 1.30 bits per heavy atom. The highest BCUT2D eigenvalue weighted by molar-refractivity contribution is 7.90. The molecule has 2 aliphatic rings. The smallest absolute Gasteiger partial charge is 0.144 e. The summed E-state index contributed by atoms with van der Waals surface area (Å²) in [5.74, 6) is 0. The van der Waals surface area contributed by atoms with E-state index >= 15 is 0 Å². The van der Waals surface area contributed by atoms with Crippen LogP contribution in [0.2, 0.25) is 0 Å². The fourth-order valence-corrected chi connectivity index (χ4v) is 4.07. The van der Waals surface area contributed by atoms with Crippen molar-refractivity contribution in [2.75, 3.05) is 13.1 Å². The van der Waals surface area contributed by atoms with Crippen LogP contribution in [0.3, 0.4) is 0 Å². The summed E-state index contributed by atoms with van der Waals surface area (Å²) in [6.07, 6.45) is 0.945. The molecule has 0 saturated carbocycles. The Kier molecular flexibility index (Phi) is 3.19. The van der Waals surface area contributed by atoms with Crippen molar-refractivity contribution < 1.29 is 4.55 Å². The predicted octanol–water partition coefficient (Wildman–Crippen LogP) is 0.996. The van der Waals surface area contributed by atoms with Gasteiger partial charge in [0, 0.05) is 29.9 Å². The highest BCUT2D eigenvalue weighted by Crippen LogP contribution is 2.50. The second kappa shape index (κ2) is 4.45. The molecule has 0 radical (unpaired) electrons. The third-order valence-corrected chi connectivity index (χ3v) is 6.16. The molecule has 1 fully saturated rings. The largest absolute Gasteiger partial charge is 0.598 e. The summed E-state index contributed by atoms with van der Waals surface area (Å²) in [7, 11) is 0. The van der Waals surface area contributed by atoms with Crippen LogP contribution in [0, 0.1) is 5.41 Å². The van der Waals surface area contributed by atoms with E-state index in [2.05, 4.69) is 22.2 Å². The fourth-order valence-electron chi connectivity index (χ4n) is 3.14. The van der Waals surface area contributed by atoms with Crippen LogP contribution < -0.4 is 15.8 Å². The van der Waals surface area contributed by atoms with Gasteiger partial charge in [-0.2, -0.15) is 0 Å². The summed E-state index contributed by atoms with van der Waals surface area (Å²) < 4.78 is 15.5. The summed E-state index contributed by atoms with van der Waals surface area (Å²) >= 11 is -1.19. The number of hydrogen-bond donors (Lipinski definition) is 3. The Bertz CT molecular complexity index is 524. The van der Waals surface area contributed by atoms with Gasteiger partial charge >= 0.3 is 0 Å². The molecule has 1 aromatic carbocycles. The minimum absolute atomic E-state index is 0.0579. The maximum atomic E-state index is 12.6. The van der Waals surface area contributed by atoms with Crippen LogP contribution in [0.4, 0.5) is 0 Å². The van der Waals surface area contributed by atoms with Crippen LogP contribution in [-0.4, -0.2) is 22.4 Å². The van der Waals surface area contributed by atoms with E-state index in [1.807, 2.05) is 32.9 Å². The zero-order valence-electron chi connectivity index (χ0n) is 12.3. The molecule has 2 atom stereocenters. The number of rotatable bonds is 2. The van der Waals surface area contributed by atoms with Crippen molar-refractivity contribution >= 4 is 11.4 Å². The van der Waals surface area contributed by atoms with Crippen LogP contribution in [0.25, 0.3) is 0 Å². The lowest BCUT2D eigenvalue weighted by Crippen LogP contribution is -2.73. The van der Waals surface area contributed by atoms with Crippen molar-refractivity contribution in [1.82, 2.24) is 10.0 Å². The van der Waals surface area contributed by atoms with E-state index in [1.54, 1.807) is 0 Å². The average molecular weight is 293 g/mol. The summed E-state index contributed by atoms with van der Waals surface area (Å²) in [4.78, 5) is 0. The first kappa shape index (κ1) is 14.4. The van der Waals surface area contributed by atoms with E-state index < -0.39 is 17.0 Å². The number of nitrogens with two attached hydrogens (primary N) is 1. The molecule has 1 aliphatic carbocycles. The van der Waals surface area contributed by atoms with Crippen molar-refractivity contribution in [3.05, 3.63) is 35.4 Å². The van der Waals surface area contributed by atoms with Gasteiger partial charge in [0.05, 0.1) is 0 Å². The highest BCUT2D eigenvalue weighted by atomic mass is 32.2. The van der Waals surface area contributed by atoms with Crippen molar-refractivity contribution in [3.63, 3.8) is 0 Å². The Labute approximate surface area is 123 Å². The maximum Gasteiger partial charge on any atom is 0.144 e. The van der Waals surface area contributed by atoms with Gasteiger partial charge < -0.3 is 15.6 Å². The van der Waals surface area contributed by atoms with E-state index in [0.29, 0.717) is 0 Å². The first-order valence-corrected chi connectivity index (χ1v) is 8.21. The van der Waals surface area contributed by atoms with Gasteiger partial charge in [0.15, 0.2) is 0 Å². The summed E-state index contributed by atoms with van der Waals surface area (Å²) in [5.41, 5.74) is 8.36. The Balaban J connectivity index is 1.99. The van der Waals surface area contributed by atoms with E-state index in [0.717, 1.165) is 25.1 Å². The zero-order valence-corrected chi connectivity index (χ0v) is 13.1. The van der Waals surface area contributed by atoms with Gasteiger partial charge in [0.25, 0.3) is 0 Å². The maximum absolute atomic E-state index is 12.6. The monoisotopic (exact) mass is 293 g/mol. The molecule has 20 heavy (non-hydrogen) atoms. The van der Waals surface area contributed by atoms with Crippen molar-refractivity contribution in [3.8, 4) is 0 Å². The Morgan fingerprint density at radius 2 is 1.95 bits per heavy atom. The number of benzene rings is 1. The number of nitrogens with one attached hydrogen (secondary N) is 2. The van der Waals surface area contributed by atoms with Gasteiger partial charge in [-0.15, -0.1) is 4.72 Å². The third-order valence-electron chi connectivity index (χ3n) is 4.54. The van der Waals surface area contributed by atoms with Gasteiger partial charge in [-0.05, 0) is 38.3 Å². The highest BCUT2D eigenvalue weighted by Gasteiger charge is 2.61. The van der Waals surface area contributed by atoms with Gasteiger partial charge in [0.2, 0.25) is 0 Å². The minimum atomic E-state index is -1.19. The normalized spacial score (nSPS) is 29.1. The van der Waals surface area contributed by atoms with Crippen molar-refractivity contribution in [1.29, 1.82) is 0 Å². The second-order valence-corrected chi connectivity index (χ2v) is 8.98. The quantitative estimate of drug-likeness (QED) is 0.562. The second-order valence-electron chi connectivity index (χ2n) is 7.01. The number of hydrogen-bond acceptors (Lipinski definition) is 4. The minimum Gasteiger partial charge on any atom is -0.598 e. The molecule has 4 nitrogen and oxygen atoms in total. The number of fused-ring (bicyclic) bond motifs is 1. The van der Waals surface area contributed by atoms with Crippen LogP contribution in [0.5, 0.6) is 0 Å². The summed E-state index contributed by atoms with van der Waals surface area (Å²) in [6, 6.07) is 8.25. The third kappa shape index (κ3) is 1.92. The van der Waals surface area contributed by atoms with E-state index in [-0.39, 0.29) is 10.2 Å². The molecule has 1 heterocycles. The summed E-state index contributed by atoms with van der Waals surface area (Å²) in [5, 5.41) is 3.33. The van der Waals surface area contributed by atoms with Gasteiger partial charge in [-0.25, -0.2) is 0 Å². The molecule has 5 heteroatoms. The van der Waals surface area contributed by atoms with Crippen LogP contribution in [0.1, 0.15) is 31.9 Å². The van der Waals surface area contributed by atoms with Gasteiger partial charge in [-0.3, -0.25) is 0 Å². The molecule has 110 valence electrons. The standard InChI is InChI=1S/C15H23N3OS/c1-13(2,3)20(19)18-15(16)12-7-5-4-6-11(12)8-14(15)9-17-10-14/h4-7,17-18H,8-10,16H2,1-3H3/t15-,20-/m1/s1. The van der Waals surface area contributed by atoms with Gasteiger partial charge in [-0.1, -0.05) is 24.3 Å². The molecule has 0 bridgehead atoms. The first-order chi connectivity index (χ1) is 9.29. The topological polar surface area (TPSA) is 73.1 Å². The molecule has 3 rings (SSSR count). The summed E-state index contributed by atoms with van der Waals surface area (Å²) in [6.45, 7) is 7.63. The van der Waals surface area contributed by atoms with Crippen molar-refractivity contribution in [2.24, 2.45) is 11.1 Å². The molecular weight excluding hydrogens is 270 g/mol. The molecule has 1 saturated heterocycles. The first-order valence-electron chi connectivity index (χ1n) is 7.06. The molecule has 1 spiro atoms.